The second-order valence-electron chi connectivity index (χ2n) is 6.98. The van der Waals surface area contributed by atoms with Crippen LogP contribution in [0.5, 0.6) is 5.75 Å². The van der Waals surface area contributed by atoms with Crippen molar-refractivity contribution in [3.63, 3.8) is 0 Å². The van der Waals surface area contributed by atoms with Gasteiger partial charge >= 0.3 is 5.97 Å². The maximum atomic E-state index is 12.3. The van der Waals surface area contributed by atoms with Crippen molar-refractivity contribution in [3.8, 4) is 17.0 Å². The minimum absolute atomic E-state index is 0. The van der Waals surface area contributed by atoms with Gasteiger partial charge < -0.3 is 25.1 Å². The van der Waals surface area contributed by atoms with Gasteiger partial charge in [-0.2, -0.15) is 0 Å². The van der Waals surface area contributed by atoms with E-state index < -0.39 is 22.8 Å². The molecule has 28 heavy (non-hydrogen) atoms. The monoisotopic (exact) mass is 403 g/mol. The number of nitrogens with one attached hydrogen (secondary N) is 2. The largest absolute Gasteiger partial charge is 0.506 e. The van der Waals surface area contributed by atoms with E-state index in [1.165, 1.54) is 0 Å². The van der Waals surface area contributed by atoms with Crippen LogP contribution < -0.4 is 10.9 Å². The van der Waals surface area contributed by atoms with E-state index in [4.69, 9.17) is 0 Å². The number of carboxylic acid groups (broad SMARTS) is 1. The predicted molar refractivity (Wildman–Crippen MR) is 110 cm³/mol. The molecule has 0 spiro atoms. The highest BCUT2D eigenvalue weighted by Gasteiger charge is 2.26. The summed E-state index contributed by atoms with van der Waals surface area (Å²) < 4.78 is 2.14. The fourth-order valence-corrected chi connectivity index (χ4v) is 4.03. The Hall–Kier alpha value is -2.77. The van der Waals surface area contributed by atoms with Crippen molar-refractivity contribution in [1.82, 2.24) is 14.9 Å². The van der Waals surface area contributed by atoms with Gasteiger partial charge in [-0.25, -0.2) is 4.79 Å². The number of aromatic amines is 1. The van der Waals surface area contributed by atoms with E-state index in [-0.39, 0.29) is 12.4 Å². The average molecular weight is 404 g/mol. The van der Waals surface area contributed by atoms with Crippen LogP contribution in [0.25, 0.3) is 22.2 Å². The third-order valence-corrected chi connectivity index (χ3v) is 5.37. The van der Waals surface area contributed by atoms with Crippen molar-refractivity contribution in [1.29, 1.82) is 0 Å². The molecule has 0 atom stereocenters. The lowest BCUT2D eigenvalue weighted by Crippen LogP contribution is -2.20. The van der Waals surface area contributed by atoms with Gasteiger partial charge in [0, 0.05) is 41.3 Å². The summed E-state index contributed by atoms with van der Waals surface area (Å²) in [4.78, 5) is 26.3. The number of nitrogens with zero attached hydrogens (tertiary/aromatic N) is 1. The van der Waals surface area contributed by atoms with Crippen LogP contribution in [0.1, 0.15) is 33.6 Å². The molecule has 1 aromatic carbocycles. The standard InChI is InChI=1S/C20H21N3O4.ClH/c1-21-9-12-6-11-7-14-10(8-15(11)23(12)2)4-3-5-13-17(14)22-19(25)16(18(13)24)20(26)27;/h6-8,21H,3-5,9H2,1-2H3,(H,26,27)(H2,22,24,25);1H. The number of pyridine rings is 1. The number of carboxylic acids is 1. The van der Waals surface area contributed by atoms with Crippen LogP contribution in [-0.2, 0) is 26.4 Å². The van der Waals surface area contributed by atoms with E-state index in [1.807, 2.05) is 20.2 Å². The normalized spacial score (nSPS) is 12.8. The van der Waals surface area contributed by atoms with Gasteiger partial charge in [-0.05, 0) is 50.1 Å². The van der Waals surface area contributed by atoms with Crippen molar-refractivity contribution in [2.75, 3.05) is 7.05 Å². The lowest BCUT2D eigenvalue weighted by Gasteiger charge is -2.13. The summed E-state index contributed by atoms with van der Waals surface area (Å²) in [6.07, 6.45) is 2.06. The SMILES string of the molecule is CNCc1cc2cc3c(cc2n1C)CCCc1c-3[nH]c(=O)c(C(=O)O)c1O.Cl. The van der Waals surface area contributed by atoms with E-state index in [9.17, 15) is 19.8 Å². The van der Waals surface area contributed by atoms with Crippen LogP contribution in [0.4, 0.5) is 0 Å². The zero-order valence-electron chi connectivity index (χ0n) is 15.6. The van der Waals surface area contributed by atoms with Gasteiger partial charge in [-0.15, -0.1) is 12.4 Å². The van der Waals surface area contributed by atoms with Crippen molar-refractivity contribution >= 4 is 29.3 Å². The number of hydrogen-bond acceptors (Lipinski definition) is 4. The molecule has 3 aromatic rings. The molecule has 1 aliphatic rings. The highest BCUT2D eigenvalue weighted by Crippen LogP contribution is 2.38. The number of fused-ring (bicyclic) bond motifs is 4. The molecule has 0 amide bonds. The summed E-state index contributed by atoms with van der Waals surface area (Å²) in [6, 6.07) is 6.24. The Labute approximate surface area is 167 Å². The molecule has 4 N–H and O–H groups in total. The van der Waals surface area contributed by atoms with Gasteiger partial charge in [0.1, 0.15) is 5.75 Å². The molecule has 0 saturated carbocycles. The second kappa shape index (κ2) is 7.33. The lowest BCUT2D eigenvalue weighted by molar-refractivity contribution is 0.0691. The molecule has 0 unspecified atom stereocenters. The number of benzene rings is 1. The summed E-state index contributed by atoms with van der Waals surface area (Å²) in [5.74, 6) is -1.84. The zero-order chi connectivity index (χ0) is 19.3. The number of carbonyl (C=O) groups is 1. The van der Waals surface area contributed by atoms with E-state index in [0.29, 0.717) is 17.7 Å². The van der Waals surface area contributed by atoms with Crippen molar-refractivity contribution in [2.45, 2.75) is 25.8 Å². The highest BCUT2D eigenvalue weighted by molar-refractivity contribution is 5.93. The Morgan fingerprint density at radius 1 is 1.29 bits per heavy atom. The van der Waals surface area contributed by atoms with Crippen LogP contribution >= 0.6 is 12.4 Å². The number of aromatic hydroxyl groups is 1. The van der Waals surface area contributed by atoms with Crippen LogP contribution in [0.2, 0.25) is 0 Å². The van der Waals surface area contributed by atoms with Gasteiger partial charge in [-0.1, -0.05) is 0 Å². The van der Waals surface area contributed by atoms with E-state index in [0.717, 1.165) is 47.1 Å². The number of rotatable bonds is 3. The van der Waals surface area contributed by atoms with Crippen molar-refractivity contribution < 1.29 is 15.0 Å². The lowest BCUT2D eigenvalue weighted by atomic mass is 9.98. The summed E-state index contributed by atoms with van der Waals surface area (Å²) >= 11 is 0. The van der Waals surface area contributed by atoms with E-state index in [2.05, 4.69) is 27.0 Å². The molecule has 0 bridgehead atoms. The van der Waals surface area contributed by atoms with Gasteiger partial charge in [0.25, 0.3) is 5.56 Å². The molecule has 4 rings (SSSR count). The molecule has 0 saturated heterocycles. The Morgan fingerprint density at radius 2 is 2.04 bits per heavy atom. The molecular weight excluding hydrogens is 382 g/mol. The Morgan fingerprint density at radius 3 is 2.71 bits per heavy atom. The van der Waals surface area contributed by atoms with Crippen molar-refractivity contribution in [3.05, 3.63) is 50.9 Å². The van der Waals surface area contributed by atoms with Gasteiger partial charge in [0.05, 0.1) is 5.69 Å². The number of H-pyrrole nitrogens is 1. The first-order chi connectivity index (χ1) is 12.9. The van der Waals surface area contributed by atoms with Gasteiger partial charge in [0.2, 0.25) is 0 Å². The number of halogens is 1. The molecule has 2 heterocycles. The third-order valence-electron chi connectivity index (χ3n) is 5.37. The smallest absolute Gasteiger partial charge is 0.345 e. The molecule has 0 radical (unpaired) electrons. The summed E-state index contributed by atoms with van der Waals surface area (Å²) in [7, 11) is 3.93. The first kappa shape index (κ1) is 20.0. The van der Waals surface area contributed by atoms with Crippen LogP contribution in [-0.4, -0.2) is 32.8 Å². The fourth-order valence-electron chi connectivity index (χ4n) is 4.03. The molecule has 0 fully saturated rings. The first-order valence-electron chi connectivity index (χ1n) is 8.90. The van der Waals surface area contributed by atoms with E-state index in [1.54, 1.807) is 0 Å². The summed E-state index contributed by atoms with van der Waals surface area (Å²) in [6.45, 7) is 0.742. The van der Waals surface area contributed by atoms with Gasteiger partial charge in [0.15, 0.2) is 5.56 Å². The molecule has 8 heteroatoms. The maximum absolute atomic E-state index is 12.3. The second-order valence-corrected chi connectivity index (χ2v) is 6.98. The Balaban J connectivity index is 0.00000225. The highest BCUT2D eigenvalue weighted by atomic mass is 35.5. The topological polar surface area (TPSA) is 107 Å². The van der Waals surface area contributed by atoms with Crippen LogP contribution in [0.15, 0.2) is 23.0 Å². The zero-order valence-corrected chi connectivity index (χ0v) is 16.4. The quantitative estimate of drug-likeness (QED) is 0.537. The molecule has 0 aliphatic heterocycles. The molecule has 148 valence electrons. The number of aromatic nitrogens is 2. The molecule has 2 aromatic heterocycles. The maximum Gasteiger partial charge on any atom is 0.345 e. The third kappa shape index (κ3) is 2.96. The van der Waals surface area contributed by atoms with E-state index >= 15 is 0 Å². The number of aryl methyl sites for hydroxylation is 2. The number of aromatic carboxylic acids is 1. The molecule has 7 nitrogen and oxygen atoms in total. The summed E-state index contributed by atoms with van der Waals surface area (Å²) in [5.41, 5.74) is 3.83. The fraction of sp³-hybridized carbons (Fsp3) is 0.300. The Kier molecular flexibility index (Phi) is 5.23. The van der Waals surface area contributed by atoms with Gasteiger partial charge in [-0.3, -0.25) is 4.79 Å². The first-order valence-corrected chi connectivity index (χ1v) is 8.90. The minimum Gasteiger partial charge on any atom is -0.506 e. The Bertz CT molecular complexity index is 1150. The molecular formula is C20H22ClN3O4. The summed E-state index contributed by atoms with van der Waals surface area (Å²) in [5, 5.41) is 23.9. The average Bonchev–Trinajstić information content (AvgIpc) is 2.80. The van der Waals surface area contributed by atoms with Crippen molar-refractivity contribution in [2.24, 2.45) is 7.05 Å². The number of hydrogen-bond donors (Lipinski definition) is 4. The minimum atomic E-state index is -1.42. The van der Waals surface area contributed by atoms with Crippen LogP contribution in [0.3, 0.4) is 0 Å². The van der Waals surface area contributed by atoms with Crippen LogP contribution in [0, 0.1) is 0 Å². The predicted octanol–water partition coefficient (Wildman–Crippen LogP) is 2.57. The molecule has 1 aliphatic carbocycles.